The van der Waals surface area contributed by atoms with Gasteiger partial charge in [0.25, 0.3) is 0 Å². The first kappa shape index (κ1) is 10.7. The summed E-state index contributed by atoms with van der Waals surface area (Å²) in [6.07, 6.45) is 0. The predicted molar refractivity (Wildman–Crippen MR) is 73.5 cm³/mol. The molecule has 1 N–H and O–H groups in total. The van der Waals surface area contributed by atoms with E-state index in [1.807, 2.05) is 14.0 Å². The van der Waals surface area contributed by atoms with Crippen LogP contribution in [-0.2, 0) is 0 Å². The molecule has 1 aromatic heterocycles. The highest BCUT2D eigenvalue weighted by atomic mass is 127. The number of hydrogen-bond donors (Lipinski definition) is 1. The number of benzene rings is 1. The zero-order valence-corrected chi connectivity index (χ0v) is 11.2. The van der Waals surface area contributed by atoms with Gasteiger partial charge in [0.15, 0.2) is 0 Å². The lowest BCUT2D eigenvalue weighted by Gasteiger charge is -2.11. The van der Waals surface area contributed by atoms with Crippen LogP contribution >= 0.6 is 22.6 Å². The van der Waals surface area contributed by atoms with Gasteiger partial charge >= 0.3 is 0 Å². The monoisotopic (exact) mass is 312 g/mol. The third-order valence-electron chi connectivity index (χ3n) is 2.68. The summed E-state index contributed by atoms with van der Waals surface area (Å²) in [6.45, 7) is 4.15. The summed E-state index contributed by atoms with van der Waals surface area (Å²) in [5, 5.41) is 4.46. The van der Waals surface area contributed by atoms with Crippen LogP contribution in [0.2, 0.25) is 0 Å². The third-order valence-corrected chi connectivity index (χ3v) is 3.35. The maximum absolute atomic E-state index is 4.58. The second-order valence-corrected chi connectivity index (χ2v) is 4.85. The number of fused-ring (bicyclic) bond motifs is 1. The first-order chi connectivity index (χ1) is 7.13. The van der Waals surface area contributed by atoms with Gasteiger partial charge in [0.1, 0.15) is 0 Å². The molecule has 3 heteroatoms. The summed E-state index contributed by atoms with van der Waals surface area (Å²) >= 11 is 2.33. The maximum atomic E-state index is 4.58. The second kappa shape index (κ2) is 3.96. The largest absolute Gasteiger partial charge is 0.387 e. The molecule has 1 aromatic carbocycles. The molecule has 0 fully saturated rings. The molecule has 2 nitrogen and oxygen atoms in total. The Hall–Kier alpha value is -0.840. The number of nitrogens with one attached hydrogen (secondary N) is 1. The van der Waals surface area contributed by atoms with Gasteiger partial charge in [-0.2, -0.15) is 0 Å². The van der Waals surface area contributed by atoms with Crippen molar-refractivity contribution >= 4 is 39.2 Å². The summed E-state index contributed by atoms with van der Waals surface area (Å²) in [5.41, 5.74) is 4.57. The summed E-state index contributed by atoms with van der Waals surface area (Å²) in [7, 11) is 1.96. The SMILES string of the molecule is CNc1c(C)c(C)nc2ccc(I)cc12. The van der Waals surface area contributed by atoms with Crippen molar-refractivity contribution < 1.29 is 0 Å². The zero-order valence-electron chi connectivity index (χ0n) is 9.06. The number of aromatic nitrogens is 1. The van der Waals surface area contributed by atoms with Gasteiger partial charge < -0.3 is 5.32 Å². The zero-order chi connectivity index (χ0) is 11.0. The van der Waals surface area contributed by atoms with Crippen molar-refractivity contribution in [3.8, 4) is 0 Å². The molecule has 15 heavy (non-hydrogen) atoms. The quantitative estimate of drug-likeness (QED) is 0.815. The molecular weight excluding hydrogens is 299 g/mol. The summed E-state index contributed by atoms with van der Waals surface area (Å²) < 4.78 is 1.24. The average molecular weight is 312 g/mol. The molecule has 0 aliphatic carbocycles. The number of rotatable bonds is 1. The molecule has 0 unspecified atom stereocenters. The fraction of sp³-hybridized carbons (Fsp3) is 0.250. The fourth-order valence-electron chi connectivity index (χ4n) is 1.78. The van der Waals surface area contributed by atoms with E-state index in [2.05, 4.69) is 58.0 Å². The molecule has 0 radical (unpaired) electrons. The Morgan fingerprint density at radius 3 is 2.67 bits per heavy atom. The van der Waals surface area contributed by atoms with Crippen LogP contribution in [-0.4, -0.2) is 12.0 Å². The van der Waals surface area contributed by atoms with Gasteiger partial charge in [-0.1, -0.05) is 0 Å². The van der Waals surface area contributed by atoms with Crippen LogP contribution < -0.4 is 5.32 Å². The van der Waals surface area contributed by atoms with Gasteiger partial charge in [-0.15, -0.1) is 0 Å². The van der Waals surface area contributed by atoms with Crippen molar-refractivity contribution in [1.29, 1.82) is 0 Å². The van der Waals surface area contributed by atoms with Gasteiger partial charge in [-0.25, -0.2) is 0 Å². The Morgan fingerprint density at radius 2 is 2.00 bits per heavy atom. The van der Waals surface area contributed by atoms with Crippen LogP contribution in [0.1, 0.15) is 11.3 Å². The maximum Gasteiger partial charge on any atom is 0.0726 e. The number of hydrogen-bond acceptors (Lipinski definition) is 2. The van der Waals surface area contributed by atoms with E-state index in [0.29, 0.717) is 0 Å². The van der Waals surface area contributed by atoms with Crippen LogP contribution in [0, 0.1) is 17.4 Å². The minimum atomic E-state index is 1.06. The molecule has 0 saturated carbocycles. The lowest BCUT2D eigenvalue weighted by atomic mass is 10.1. The topological polar surface area (TPSA) is 24.9 Å². The van der Waals surface area contributed by atoms with E-state index >= 15 is 0 Å². The smallest absolute Gasteiger partial charge is 0.0726 e. The Kier molecular flexibility index (Phi) is 2.82. The Labute approximate surface area is 103 Å². The highest BCUT2D eigenvalue weighted by Crippen LogP contribution is 2.28. The summed E-state index contributed by atoms with van der Waals surface area (Å²) in [4.78, 5) is 4.58. The Balaban J connectivity index is 2.89. The van der Waals surface area contributed by atoms with E-state index in [1.165, 1.54) is 20.2 Å². The lowest BCUT2D eigenvalue weighted by Crippen LogP contribution is -1.98. The molecular formula is C12H13IN2. The van der Waals surface area contributed by atoms with Crippen LogP contribution in [0.15, 0.2) is 18.2 Å². The van der Waals surface area contributed by atoms with Gasteiger partial charge in [0.2, 0.25) is 0 Å². The predicted octanol–water partition coefficient (Wildman–Crippen LogP) is 3.50. The van der Waals surface area contributed by atoms with Crippen molar-refractivity contribution in [2.45, 2.75) is 13.8 Å². The molecule has 78 valence electrons. The molecule has 0 spiro atoms. The molecule has 0 aliphatic heterocycles. The summed E-state index contributed by atoms with van der Waals surface area (Å²) in [5.74, 6) is 0. The Bertz CT molecular complexity index is 521. The lowest BCUT2D eigenvalue weighted by molar-refractivity contribution is 1.19. The molecule has 1 heterocycles. The van der Waals surface area contributed by atoms with Gasteiger partial charge in [-0.3, -0.25) is 4.98 Å². The van der Waals surface area contributed by atoms with Crippen LogP contribution in [0.5, 0.6) is 0 Å². The Morgan fingerprint density at radius 1 is 1.27 bits per heavy atom. The minimum absolute atomic E-state index is 1.06. The van der Waals surface area contributed by atoms with Gasteiger partial charge in [0.05, 0.1) is 5.52 Å². The highest BCUT2D eigenvalue weighted by molar-refractivity contribution is 14.1. The van der Waals surface area contributed by atoms with Gasteiger partial charge in [-0.05, 0) is 60.2 Å². The third kappa shape index (κ3) is 1.80. The number of halogens is 1. The van der Waals surface area contributed by atoms with E-state index in [9.17, 15) is 0 Å². The normalized spacial score (nSPS) is 10.7. The average Bonchev–Trinajstić information content (AvgIpc) is 2.21. The standard InChI is InChI=1S/C12H13IN2/c1-7-8(2)15-11-5-4-9(13)6-10(11)12(7)14-3/h4-6H,1-3H3,(H,14,15). The van der Waals surface area contributed by atoms with Crippen molar-refractivity contribution in [3.05, 3.63) is 33.0 Å². The highest BCUT2D eigenvalue weighted by Gasteiger charge is 2.07. The first-order valence-electron chi connectivity index (χ1n) is 4.87. The number of aryl methyl sites for hydroxylation is 1. The van der Waals surface area contributed by atoms with Crippen molar-refractivity contribution in [2.75, 3.05) is 12.4 Å². The van der Waals surface area contributed by atoms with Crippen molar-refractivity contribution in [3.63, 3.8) is 0 Å². The molecule has 0 atom stereocenters. The molecule has 0 bridgehead atoms. The number of anilines is 1. The van der Waals surface area contributed by atoms with Crippen molar-refractivity contribution in [2.24, 2.45) is 0 Å². The van der Waals surface area contributed by atoms with Crippen LogP contribution in [0.4, 0.5) is 5.69 Å². The first-order valence-corrected chi connectivity index (χ1v) is 5.95. The second-order valence-electron chi connectivity index (χ2n) is 3.61. The summed E-state index contributed by atoms with van der Waals surface area (Å²) in [6, 6.07) is 6.33. The molecule has 0 saturated heterocycles. The van der Waals surface area contributed by atoms with E-state index in [4.69, 9.17) is 0 Å². The van der Waals surface area contributed by atoms with Crippen molar-refractivity contribution in [1.82, 2.24) is 4.98 Å². The van der Waals surface area contributed by atoms with Crippen LogP contribution in [0.3, 0.4) is 0 Å². The van der Waals surface area contributed by atoms with E-state index < -0.39 is 0 Å². The molecule has 0 amide bonds. The van der Waals surface area contributed by atoms with Gasteiger partial charge in [0, 0.05) is 27.4 Å². The van der Waals surface area contributed by atoms with E-state index in [0.717, 1.165) is 11.2 Å². The van der Waals surface area contributed by atoms with E-state index in [-0.39, 0.29) is 0 Å². The fourth-order valence-corrected chi connectivity index (χ4v) is 2.27. The van der Waals surface area contributed by atoms with E-state index in [1.54, 1.807) is 0 Å². The molecule has 2 aromatic rings. The molecule has 2 rings (SSSR count). The number of nitrogens with zero attached hydrogens (tertiary/aromatic N) is 1. The van der Waals surface area contributed by atoms with Crippen LogP contribution in [0.25, 0.3) is 10.9 Å². The minimum Gasteiger partial charge on any atom is -0.387 e. The number of pyridine rings is 1. The molecule has 0 aliphatic rings.